The standard InChI is InChI=1S/C19H21ClF2N6O2/c20-12-1-2-16(28-10-23-9-26-28)11(3-12)6-25-18(29)17-5-14(22)8-27(17)19(30)15-4-13(21)7-24-15/h1-3,9-10,13-15,17,24H,4-8H2,(H,25,29)/t13-,14-,15-,17?/m1/s1. The zero-order valence-corrected chi connectivity index (χ0v) is 16.7. The Labute approximate surface area is 176 Å². The van der Waals surface area contributed by atoms with E-state index in [2.05, 4.69) is 20.7 Å². The Bertz CT molecular complexity index is 928. The van der Waals surface area contributed by atoms with E-state index < -0.39 is 36.2 Å². The van der Waals surface area contributed by atoms with Gasteiger partial charge in [-0.15, -0.1) is 0 Å². The Kier molecular flexibility index (Phi) is 5.96. The average Bonchev–Trinajstić information content (AvgIpc) is 3.46. The van der Waals surface area contributed by atoms with Crippen LogP contribution in [0, 0.1) is 0 Å². The lowest BCUT2D eigenvalue weighted by molar-refractivity contribution is -0.139. The van der Waals surface area contributed by atoms with Crippen LogP contribution in [0.3, 0.4) is 0 Å². The van der Waals surface area contributed by atoms with Crippen molar-refractivity contribution in [3.8, 4) is 5.69 Å². The number of halogens is 3. The van der Waals surface area contributed by atoms with Crippen LogP contribution in [0.4, 0.5) is 8.78 Å². The molecule has 30 heavy (non-hydrogen) atoms. The van der Waals surface area contributed by atoms with Crippen LogP contribution in [0.5, 0.6) is 0 Å². The monoisotopic (exact) mass is 438 g/mol. The highest BCUT2D eigenvalue weighted by Gasteiger charge is 2.43. The molecule has 2 aliphatic heterocycles. The maximum atomic E-state index is 14.1. The van der Waals surface area contributed by atoms with E-state index in [1.54, 1.807) is 22.9 Å². The van der Waals surface area contributed by atoms with Gasteiger partial charge in [-0.3, -0.25) is 9.59 Å². The first kappa shape index (κ1) is 20.7. The molecule has 0 spiro atoms. The predicted octanol–water partition coefficient (Wildman–Crippen LogP) is 1.18. The molecular weight excluding hydrogens is 418 g/mol. The van der Waals surface area contributed by atoms with Gasteiger partial charge in [0.1, 0.15) is 31.0 Å². The number of alkyl halides is 2. The number of carbonyl (C=O) groups excluding carboxylic acids is 2. The molecule has 2 aromatic rings. The lowest BCUT2D eigenvalue weighted by Gasteiger charge is -2.26. The van der Waals surface area contributed by atoms with Crippen LogP contribution in [-0.4, -0.2) is 69.0 Å². The fourth-order valence-electron chi connectivity index (χ4n) is 3.91. The molecule has 1 aromatic heterocycles. The Hall–Kier alpha value is -2.59. The topological polar surface area (TPSA) is 92.2 Å². The van der Waals surface area contributed by atoms with Gasteiger partial charge in [-0.2, -0.15) is 5.10 Å². The molecule has 4 atom stereocenters. The molecule has 0 radical (unpaired) electrons. The second-order valence-corrected chi connectivity index (χ2v) is 7.90. The van der Waals surface area contributed by atoms with Gasteiger partial charge in [-0.25, -0.2) is 18.4 Å². The minimum Gasteiger partial charge on any atom is -0.350 e. The van der Waals surface area contributed by atoms with Crippen molar-refractivity contribution >= 4 is 23.4 Å². The summed E-state index contributed by atoms with van der Waals surface area (Å²) in [5.74, 6) is -0.913. The number of hydrogen-bond acceptors (Lipinski definition) is 5. The molecular formula is C19H21ClF2N6O2. The van der Waals surface area contributed by atoms with E-state index in [9.17, 15) is 18.4 Å². The van der Waals surface area contributed by atoms with Crippen molar-refractivity contribution in [1.29, 1.82) is 0 Å². The zero-order valence-electron chi connectivity index (χ0n) is 16.0. The van der Waals surface area contributed by atoms with Crippen LogP contribution in [0.25, 0.3) is 5.69 Å². The third kappa shape index (κ3) is 4.29. The summed E-state index contributed by atoms with van der Waals surface area (Å²) in [6.45, 7) is 0.0196. The van der Waals surface area contributed by atoms with E-state index in [4.69, 9.17) is 11.6 Å². The molecule has 160 valence electrons. The number of amides is 2. The van der Waals surface area contributed by atoms with Crippen molar-refractivity contribution in [2.45, 2.75) is 43.8 Å². The van der Waals surface area contributed by atoms with E-state index in [0.29, 0.717) is 16.3 Å². The second-order valence-electron chi connectivity index (χ2n) is 7.46. The number of rotatable bonds is 5. The fraction of sp³-hybridized carbons (Fsp3) is 0.474. The first-order chi connectivity index (χ1) is 14.4. The van der Waals surface area contributed by atoms with Crippen molar-refractivity contribution in [3.05, 3.63) is 41.4 Å². The van der Waals surface area contributed by atoms with Crippen molar-refractivity contribution < 1.29 is 18.4 Å². The van der Waals surface area contributed by atoms with Crippen LogP contribution in [-0.2, 0) is 16.1 Å². The number of nitrogens with zero attached hydrogens (tertiary/aromatic N) is 4. The average molecular weight is 439 g/mol. The summed E-state index contributed by atoms with van der Waals surface area (Å²) < 4.78 is 29.1. The van der Waals surface area contributed by atoms with Crippen molar-refractivity contribution in [2.75, 3.05) is 13.1 Å². The Morgan fingerprint density at radius 2 is 2.10 bits per heavy atom. The molecule has 2 aliphatic rings. The Morgan fingerprint density at radius 1 is 1.27 bits per heavy atom. The van der Waals surface area contributed by atoms with Gasteiger partial charge in [0.25, 0.3) is 0 Å². The Morgan fingerprint density at radius 3 is 2.80 bits per heavy atom. The van der Waals surface area contributed by atoms with E-state index in [0.717, 1.165) is 0 Å². The molecule has 0 saturated carbocycles. The normalized spacial score (nSPS) is 26.2. The highest BCUT2D eigenvalue weighted by atomic mass is 35.5. The third-order valence-corrected chi connectivity index (χ3v) is 5.61. The maximum absolute atomic E-state index is 14.1. The van der Waals surface area contributed by atoms with Crippen LogP contribution in [0.2, 0.25) is 5.02 Å². The molecule has 1 unspecified atom stereocenters. The quantitative estimate of drug-likeness (QED) is 0.731. The fourth-order valence-corrected chi connectivity index (χ4v) is 4.10. The van der Waals surface area contributed by atoms with Crippen LogP contribution < -0.4 is 10.6 Å². The number of hydrogen-bond donors (Lipinski definition) is 2. The number of likely N-dealkylation sites (tertiary alicyclic amines) is 1. The van der Waals surface area contributed by atoms with Gasteiger partial charge in [0.2, 0.25) is 11.8 Å². The second kappa shape index (κ2) is 8.65. The Balaban J connectivity index is 1.46. The summed E-state index contributed by atoms with van der Waals surface area (Å²) in [6, 6.07) is 3.47. The summed E-state index contributed by atoms with van der Waals surface area (Å²) in [5.41, 5.74) is 1.37. The van der Waals surface area contributed by atoms with Crippen LogP contribution in [0.1, 0.15) is 18.4 Å². The minimum absolute atomic E-state index is 0.0321. The SMILES string of the molecule is O=C(NCc1cc(Cl)ccc1-n1cncn1)C1C[C@@H](F)CN1C(=O)[C@H]1C[C@@H](F)CN1. The number of carbonyl (C=O) groups is 2. The molecule has 0 bridgehead atoms. The van der Waals surface area contributed by atoms with Crippen molar-refractivity contribution in [1.82, 2.24) is 30.3 Å². The minimum atomic E-state index is -1.30. The lowest BCUT2D eigenvalue weighted by Crippen LogP contribution is -2.51. The predicted molar refractivity (Wildman–Crippen MR) is 105 cm³/mol. The first-order valence-electron chi connectivity index (χ1n) is 9.65. The molecule has 1 aromatic carbocycles. The lowest BCUT2D eigenvalue weighted by atomic mass is 10.1. The van der Waals surface area contributed by atoms with Gasteiger partial charge in [-0.05, 0) is 23.8 Å². The van der Waals surface area contributed by atoms with Gasteiger partial charge < -0.3 is 15.5 Å². The van der Waals surface area contributed by atoms with Gasteiger partial charge in [-0.1, -0.05) is 11.6 Å². The molecule has 8 nitrogen and oxygen atoms in total. The summed E-state index contributed by atoms with van der Waals surface area (Å²) in [6.07, 6.45) is 0.433. The summed E-state index contributed by atoms with van der Waals surface area (Å²) >= 11 is 6.09. The number of nitrogens with one attached hydrogen (secondary N) is 2. The molecule has 3 heterocycles. The summed E-state index contributed by atoms with van der Waals surface area (Å²) in [4.78, 5) is 30.6. The van der Waals surface area contributed by atoms with Crippen molar-refractivity contribution in [3.63, 3.8) is 0 Å². The van der Waals surface area contributed by atoms with Gasteiger partial charge in [0, 0.05) is 31.0 Å². The van der Waals surface area contributed by atoms with Crippen LogP contribution in [0.15, 0.2) is 30.9 Å². The number of benzene rings is 1. The smallest absolute Gasteiger partial charge is 0.243 e. The highest BCUT2D eigenvalue weighted by Crippen LogP contribution is 2.24. The van der Waals surface area contributed by atoms with Crippen LogP contribution >= 0.6 is 11.6 Å². The molecule has 0 aliphatic carbocycles. The summed E-state index contributed by atoms with van der Waals surface area (Å²) in [5, 5.41) is 10.1. The molecule has 2 fully saturated rings. The zero-order chi connectivity index (χ0) is 21.3. The van der Waals surface area contributed by atoms with E-state index in [1.807, 2.05) is 0 Å². The van der Waals surface area contributed by atoms with Gasteiger partial charge in [0.15, 0.2) is 0 Å². The largest absolute Gasteiger partial charge is 0.350 e. The highest BCUT2D eigenvalue weighted by molar-refractivity contribution is 6.30. The maximum Gasteiger partial charge on any atom is 0.243 e. The third-order valence-electron chi connectivity index (χ3n) is 5.37. The molecule has 2 N–H and O–H groups in total. The van der Waals surface area contributed by atoms with Gasteiger partial charge >= 0.3 is 0 Å². The number of aromatic nitrogens is 3. The van der Waals surface area contributed by atoms with E-state index >= 15 is 0 Å². The first-order valence-corrected chi connectivity index (χ1v) is 10.0. The molecule has 4 rings (SSSR count). The summed E-state index contributed by atoms with van der Waals surface area (Å²) in [7, 11) is 0. The van der Waals surface area contributed by atoms with Crippen molar-refractivity contribution in [2.24, 2.45) is 0 Å². The van der Waals surface area contributed by atoms with E-state index in [1.165, 1.54) is 17.6 Å². The molecule has 11 heteroatoms. The van der Waals surface area contributed by atoms with Gasteiger partial charge in [0.05, 0.1) is 18.3 Å². The molecule has 2 amide bonds. The van der Waals surface area contributed by atoms with E-state index in [-0.39, 0.29) is 32.5 Å². The molecule has 2 saturated heterocycles.